The fourth-order valence-electron chi connectivity index (χ4n) is 2.77. The lowest BCUT2D eigenvalue weighted by Gasteiger charge is -2.21. The van der Waals surface area contributed by atoms with E-state index < -0.39 is 0 Å². The van der Waals surface area contributed by atoms with Gasteiger partial charge in [-0.1, -0.05) is 12.8 Å². The monoisotopic (exact) mass is 334 g/mol. The SMILES string of the molecule is Cc1ccc2c(n1)C(=O)C(NC1CCCC1)=C(Br)C2=O. The number of carbonyl (C=O) groups is 2. The van der Waals surface area contributed by atoms with Gasteiger partial charge in [-0.05, 0) is 47.8 Å². The van der Waals surface area contributed by atoms with Gasteiger partial charge in [0.05, 0.1) is 10.0 Å². The van der Waals surface area contributed by atoms with Crippen molar-refractivity contribution in [1.82, 2.24) is 10.3 Å². The van der Waals surface area contributed by atoms with Crippen molar-refractivity contribution in [1.29, 1.82) is 0 Å². The van der Waals surface area contributed by atoms with Crippen LogP contribution in [0.15, 0.2) is 22.3 Å². The number of allylic oxidation sites excluding steroid dienone is 2. The molecule has 0 spiro atoms. The standard InChI is InChI=1S/C15H15BrN2O2/c1-8-6-7-10-12(17-8)15(20)13(11(16)14(10)19)18-9-4-2-3-5-9/h6-7,9,18H,2-5H2,1H3. The van der Waals surface area contributed by atoms with Gasteiger partial charge in [0.25, 0.3) is 0 Å². The maximum Gasteiger partial charge on any atom is 0.229 e. The maximum atomic E-state index is 12.5. The fraction of sp³-hybridized carbons (Fsp3) is 0.400. The minimum Gasteiger partial charge on any atom is -0.378 e. The van der Waals surface area contributed by atoms with Gasteiger partial charge in [0.15, 0.2) is 0 Å². The normalized spacial score (nSPS) is 19.5. The Kier molecular flexibility index (Phi) is 3.46. The highest BCUT2D eigenvalue weighted by molar-refractivity contribution is 9.12. The number of pyridine rings is 1. The van der Waals surface area contributed by atoms with Crippen molar-refractivity contribution in [3.8, 4) is 0 Å². The minimum absolute atomic E-state index is 0.174. The Morgan fingerprint density at radius 1 is 1.20 bits per heavy atom. The van der Waals surface area contributed by atoms with Gasteiger partial charge in [-0.15, -0.1) is 0 Å². The van der Waals surface area contributed by atoms with Crippen LogP contribution >= 0.6 is 15.9 Å². The largest absolute Gasteiger partial charge is 0.378 e. The summed E-state index contributed by atoms with van der Waals surface area (Å²) in [6.07, 6.45) is 4.41. The predicted molar refractivity (Wildman–Crippen MR) is 79.0 cm³/mol. The first-order valence-electron chi connectivity index (χ1n) is 6.81. The van der Waals surface area contributed by atoms with E-state index in [0.29, 0.717) is 15.7 Å². The Labute approximate surface area is 125 Å². The quantitative estimate of drug-likeness (QED) is 0.903. The third kappa shape index (κ3) is 2.20. The first-order chi connectivity index (χ1) is 9.58. The third-order valence-electron chi connectivity index (χ3n) is 3.84. The molecule has 1 N–H and O–H groups in total. The number of nitrogens with zero attached hydrogens (tertiary/aromatic N) is 1. The number of rotatable bonds is 2. The van der Waals surface area contributed by atoms with E-state index in [0.717, 1.165) is 18.5 Å². The zero-order valence-corrected chi connectivity index (χ0v) is 12.8. The first-order valence-corrected chi connectivity index (χ1v) is 7.60. The van der Waals surface area contributed by atoms with Crippen LogP contribution in [0.25, 0.3) is 0 Å². The Balaban J connectivity index is 2.00. The molecule has 2 aliphatic rings. The van der Waals surface area contributed by atoms with Gasteiger partial charge in [0.2, 0.25) is 11.6 Å². The summed E-state index contributed by atoms with van der Waals surface area (Å²) >= 11 is 3.28. The zero-order valence-electron chi connectivity index (χ0n) is 11.2. The summed E-state index contributed by atoms with van der Waals surface area (Å²) in [6.45, 7) is 1.81. The highest BCUT2D eigenvalue weighted by Crippen LogP contribution is 2.29. The van der Waals surface area contributed by atoms with Gasteiger partial charge >= 0.3 is 0 Å². The molecule has 3 rings (SSSR count). The summed E-state index contributed by atoms with van der Waals surface area (Å²) in [5.74, 6) is -0.366. The number of hydrogen-bond donors (Lipinski definition) is 1. The first kappa shape index (κ1) is 13.5. The molecule has 0 bridgehead atoms. The Morgan fingerprint density at radius 2 is 1.90 bits per heavy atom. The number of fused-ring (bicyclic) bond motifs is 1. The number of ketones is 2. The number of aromatic nitrogens is 1. The van der Waals surface area contributed by atoms with Crippen molar-refractivity contribution in [3.63, 3.8) is 0 Å². The van der Waals surface area contributed by atoms with Crippen molar-refractivity contribution < 1.29 is 9.59 Å². The minimum atomic E-state index is -0.193. The molecular weight excluding hydrogens is 320 g/mol. The highest BCUT2D eigenvalue weighted by Gasteiger charge is 2.33. The fourth-order valence-corrected chi connectivity index (χ4v) is 3.27. The molecule has 1 aromatic rings. The predicted octanol–water partition coefficient (Wildman–Crippen LogP) is 2.91. The molecule has 5 heteroatoms. The van der Waals surface area contributed by atoms with Crippen LogP contribution in [-0.4, -0.2) is 22.6 Å². The smallest absolute Gasteiger partial charge is 0.229 e. The van der Waals surface area contributed by atoms with E-state index in [-0.39, 0.29) is 23.3 Å². The zero-order chi connectivity index (χ0) is 14.3. The summed E-state index contributed by atoms with van der Waals surface area (Å²) in [5.41, 5.74) is 1.75. The summed E-state index contributed by atoms with van der Waals surface area (Å²) in [6, 6.07) is 3.70. The topological polar surface area (TPSA) is 59.1 Å². The van der Waals surface area contributed by atoms with Crippen molar-refractivity contribution in [3.05, 3.63) is 39.3 Å². The van der Waals surface area contributed by atoms with Crippen LogP contribution in [0.2, 0.25) is 0 Å². The van der Waals surface area contributed by atoms with Crippen molar-refractivity contribution in [2.75, 3.05) is 0 Å². The van der Waals surface area contributed by atoms with Gasteiger partial charge < -0.3 is 5.32 Å². The van der Waals surface area contributed by atoms with Crippen LogP contribution in [0.3, 0.4) is 0 Å². The molecule has 2 aliphatic carbocycles. The van der Waals surface area contributed by atoms with Gasteiger partial charge in [-0.3, -0.25) is 9.59 Å². The molecule has 1 saturated carbocycles. The second-order valence-electron chi connectivity index (χ2n) is 5.32. The molecule has 0 aromatic carbocycles. The summed E-state index contributed by atoms with van der Waals surface area (Å²) < 4.78 is 0.326. The van der Waals surface area contributed by atoms with Crippen molar-refractivity contribution >= 4 is 27.5 Å². The average Bonchev–Trinajstić information content (AvgIpc) is 2.94. The molecule has 0 amide bonds. The number of Topliss-reactive ketones (excluding diaryl/α,β-unsaturated/α-hetero) is 2. The number of carbonyl (C=O) groups excluding carboxylic acids is 2. The lowest BCUT2D eigenvalue weighted by molar-refractivity contribution is 0.0970. The number of aryl methyl sites for hydroxylation is 1. The lowest BCUT2D eigenvalue weighted by Crippen LogP contribution is -2.35. The van der Waals surface area contributed by atoms with E-state index in [1.54, 1.807) is 12.1 Å². The van der Waals surface area contributed by atoms with E-state index in [4.69, 9.17) is 0 Å². The molecule has 1 fully saturated rings. The van der Waals surface area contributed by atoms with Crippen molar-refractivity contribution in [2.24, 2.45) is 0 Å². The van der Waals surface area contributed by atoms with Crippen molar-refractivity contribution in [2.45, 2.75) is 38.6 Å². The van der Waals surface area contributed by atoms with Crippen LogP contribution in [0, 0.1) is 6.92 Å². The van der Waals surface area contributed by atoms with E-state index in [1.165, 1.54) is 12.8 Å². The maximum absolute atomic E-state index is 12.5. The Morgan fingerprint density at radius 3 is 2.60 bits per heavy atom. The molecule has 4 nitrogen and oxygen atoms in total. The highest BCUT2D eigenvalue weighted by atomic mass is 79.9. The second-order valence-corrected chi connectivity index (χ2v) is 6.11. The Hall–Kier alpha value is -1.49. The molecule has 0 unspecified atom stereocenters. The van der Waals surface area contributed by atoms with Gasteiger partial charge in [-0.25, -0.2) is 4.98 Å². The van der Waals surface area contributed by atoms with Crippen LogP contribution in [0.1, 0.15) is 52.2 Å². The number of nitrogens with one attached hydrogen (secondary N) is 1. The molecule has 1 heterocycles. The van der Waals surface area contributed by atoms with Crippen LogP contribution in [0.5, 0.6) is 0 Å². The third-order valence-corrected chi connectivity index (χ3v) is 4.60. The summed E-state index contributed by atoms with van der Waals surface area (Å²) in [4.78, 5) is 29.1. The average molecular weight is 335 g/mol. The van der Waals surface area contributed by atoms with E-state index >= 15 is 0 Å². The van der Waals surface area contributed by atoms with Crippen LogP contribution in [0.4, 0.5) is 0 Å². The number of halogens is 1. The van der Waals surface area contributed by atoms with E-state index in [2.05, 4.69) is 26.2 Å². The molecule has 1 aromatic heterocycles. The molecule has 0 atom stereocenters. The van der Waals surface area contributed by atoms with Gasteiger partial charge in [0, 0.05) is 11.7 Å². The van der Waals surface area contributed by atoms with Crippen LogP contribution in [-0.2, 0) is 0 Å². The van der Waals surface area contributed by atoms with Gasteiger partial charge in [-0.2, -0.15) is 0 Å². The van der Waals surface area contributed by atoms with E-state index in [1.807, 2.05) is 6.92 Å². The Bertz CT molecular complexity index is 631. The van der Waals surface area contributed by atoms with Crippen LogP contribution < -0.4 is 5.32 Å². The van der Waals surface area contributed by atoms with Gasteiger partial charge in [0.1, 0.15) is 11.4 Å². The number of hydrogen-bond acceptors (Lipinski definition) is 4. The molecule has 0 aliphatic heterocycles. The molecule has 0 radical (unpaired) electrons. The molecule has 0 saturated heterocycles. The lowest BCUT2D eigenvalue weighted by atomic mass is 9.96. The molecular formula is C15H15BrN2O2. The molecule has 104 valence electrons. The molecule has 20 heavy (non-hydrogen) atoms. The summed E-state index contributed by atoms with van der Waals surface area (Å²) in [7, 11) is 0. The summed E-state index contributed by atoms with van der Waals surface area (Å²) in [5, 5.41) is 3.23. The second kappa shape index (κ2) is 5.13. The van der Waals surface area contributed by atoms with E-state index in [9.17, 15) is 9.59 Å².